The summed E-state index contributed by atoms with van der Waals surface area (Å²) in [5.74, 6) is 2.68. The Kier molecular flexibility index (Phi) is 8.22. The Hall–Kier alpha value is -4.38. The highest BCUT2D eigenvalue weighted by Crippen LogP contribution is 2.53. The summed E-state index contributed by atoms with van der Waals surface area (Å²) >= 11 is 0. The van der Waals surface area contributed by atoms with Gasteiger partial charge in [0.1, 0.15) is 23.0 Å². The number of Topliss-reactive ketones (excluding diaryl/α,β-unsaturated/α-hetero) is 1. The predicted octanol–water partition coefficient (Wildman–Crippen LogP) is 9.04. The van der Waals surface area contributed by atoms with Crippen molar-refractivity contribution in [1.29, 1.82) is 0 Å². The van der Waals surface area contributed by atoms with Gasteiger partial charge in [0.2, 0.25) is 0 Å². The fourth-order valence-electron chi connectivity index (χ4n) is 6.65. The Labute approximate surface area is 248 Å². The van der Waals surface area contributed by atoms with Gasteiger partial charge >= 0.3 is 5.97 Å². The Bertz CT molecular complexity index is 1530. The van der Waals surface area contributed by atoms with E-state index in [1.165, 1.54) is 24.5 Å². The molecule has 0 aromatic heterocycles. The average molecular weight is 563 g/mol. The molecule has 0 bridgehead atoms. The van der Waals surface area contributed by atoms with Crippen molar-refractivity contribution in [2.45, 2.75) is 52.4 Å². The first-order valence-corrected chi connectivity index (χ1v) is 14.4. The fourth-order valence-corrected chi connectivity index (χ4v) is 6.65. The second-order valence-electron chi connectivity index (χ2n) is 12.3. The number of carbonyl (C=O) groups excluding carboxylic acids is 2. The van der Waals surface area contributed by atoms with E-state index < -0.39 is 5.97 Å². The number of hydrogen-bond donors (Lipinski definition) is 0. The second kappa shape index (κ2) is 11.8. The van der Waals surface area contributed by atoms with E-state index in [0.717, 1.165) is 18.6 Å². The van der Waals surface area contributed by atoms with Crippen molar-refractivity contribution in [1.82, 2.24) is 0 Å². The molecular formula is C37H38O5. The van der Waals surface area contributed by atoms with Crippen LogP contribution in [0.2, 0.25) is 0 Å². The van der Waals surface area contributed by atoms with Crippen LogP contribution >= 0.6 is 0 Å². The van der Waals surface area contributed by atoms with Crippen LogP contribution < -0.4 is 14.2 Å². The number of ether oxygens (including phenoxy) is 3. The fraction of sp³-hybridized carbons (Fsp3) is 0.297. The third-order valence-electron chi connectivity index (χ3n) is 8.22. The van der Waals surface area contributed by atoms with Gasteiger partial charge in [0.05, 0.1) is 12.7 Å². The van der Waals surface area contributed by atoms with E-state index in [4.69, 9.17) is 14.2 Å². The highest BCUT2D eigenvalue weighted by molar-refractivity contribution is 5.94. The monoisotopic (exact) mass is 562 g/mol. The van der Waals surface area contributed by atoms with Gasteiger partial charge in [-0.3, -0.25) is 4.79 Å². The molecule has 5 rings (SSSR count). The van der Waals surface area contributed by atoms with E-state index in [0.29, 0.717) is 34.3 Å². The van der Waals surface area contributed by atoms with Gasteiger partial charge < -0.3 is 14.2 Å². The zero-order valence-corrected chi connectivity index (χ0v) is 25.0. The molecule has 4 aromatic carbocycles. The predicted molar refractivity (Wildman–Crippen MR) is 165 cm³/mol. The quantitative estimate of drug-likeness (QED) is 0.122. The SMILES string of the molecule is COc1ccc(C2(c3ccc(OC(=O)c4ccc(Oc5ccc(C(C)=O)cc5)cc4)cc3)CC(C)CC(C)(C)C2)cc1. The van der Waals surface area contributed by atoms with Crippen molar-refractivity contribution < 1.29 is 23.8 Å². The van der Waals surface area contributed by atoms with Crippen LogP contribution in [0.1, 0.15) is 78.8 Å². The number of benzene rings is 4. The highest BCUT2D eigenvalue weighted by atomic mass is 16.5. The summed E-state index contributed by atoms with van der Waals surface area (Å²) in [6, 6.07) is 30.2. The number of carbonyl (C=O) groups is 2. The lowest BCUT2D eigenvalue weighted by Crippen LogP contribution is -2.41. The van der Waals surface area contributed by atoms with Crippen LogP contribution in [0.4, 0.5) is 0 Å². The molecule has 1 aliphatic rings. The summed E-state index contributed by atoms with van der Waals surface area (Å²) in [4.78, 5) is 24.4. The van der Waals surface area contributed by atoms with Crippen molar-refractivity contribution in [3.05, 3.63) is 119 Å². The van der Waals surface area contributed by atoms with Crippen molar-refractivity contribution in [3.8, 4) is 23.0 Å². The standard InChI is InChI=1S/C37H38O5/c1-25-22-36(3,4)24-37(23-25,29-10-18-31(40-5)19-11-29)30-12-20-34(21-13-30)42-35(39)28-8-16-33(17-9-28)41-32-14-6-27(7-15-32)26(2)38/h6-21,25H,22-24H2,1-5H3. The summed E-state index contributed by atoms with van der Waals surface area (Å²) in [5.41, 5.74) is 3.61. The molecule has 4 aromatic rings. The molecule has 2 unspecified atom stereocenters. The largest absolute Gasteiger partial charge is 0.497 e. The number of methoxy groups -OCH3 is 1. The van der Waals surface area contributed by atoms with E-state index in [1.54, 1.807) is 55.6 Å². The summed E-state index contributed by atoms with van der Waals surface area (Å²) < 4.78 is 17.0. The molecule has 0 saturated heterocycles. The number of ketones is 1. The Morgan fingerprint density at radius 2 is 1.14 bits per heavy atom. The smallest absolute Gasteiger partial charge is 0.343 e. The van der Waals surface area contributed by atoms with Crippen LogP contribution in [0.5, 0.6) is 23.0 Å². The molecular weight excluding hydrogens is 524 g/mol. The van der Waals surface area contributed by atoms with Gasteiger partial charge in [-0.05, 0) is 121 Å². The maximum Gasteiger partial charge on any atom is 0.343 e. The third kappa shape index (κ3) is 6.41. The van der Waals surface area contributed by atoms with E-state index in [1.807, 2.05) is 24.3 Å². The van der Waals surface area contributed by atoms with Crippen LogP contribution in [0.3, 0.4) is 0 Å². The van der Waals surface area contributed by atoms with Gasteiger partial charge in [-0.25, -0.2) is 4.79 Å². The molecule has 0 heterocycles. The molecule has 2 atom stereocenters. The molecule has 0 spiro atoms. The van der Waals surface area contributed by atoms with Gasteiger partial charge in [-0.2, -0.15) is 0 Å². The van der Waals surface area contributed by atoms with Crippen molar-refractivity contribution >= 4 is 11.8 Å². The first kappa shape index (κ1) is 29.1. The maximum absolute atomic E-state index is 12.9. The van der Waals surface area contributed by atoms with Crippen LogP contribution in [-0.4, -0.2) is 18.9 Å². The molecule has 0 radical (unpaired) electrons. The van der Waals surface area contributed by atoms with E-state index >= 15 is 0 Å². The first-order valence-electron chi connectivity index (χ1n) is 14.4. The van der Waals surface area contributed by atoms with Crippen molar-refractivity contribution in [3.63, 3.8) is 0 Å². The molecule has 0 aliphatic heterocycles. The molecule has 5 heteroatoms. The maximum atomic E-state index is 12.9. The third-order valence-corrected chi connectivity index (χ3v) is 8.22. The summed E-state index contributed by atoms with van der Waals surface area (Å²) in [6.07, 6.45) is 3.28. The lowest BCUT2D eigenvalue weighted by Gasteiger charge is -2.48. The second-order valence-corrected chi connectivity index (χ2v) is 12.3. The normalized spacial score (nSPS) is 19.5. The molecule has 1 saturated carbocycles. The zero-order valence-electron chi connectivity index (χ0n) is 25.0. The Morgan fingerprint density at radius 3 is 1.62 bits per heavy atom. The zero-order chi connectivity index (χ0) is 29.9. The van der Waals surface area contributed by atoms with Gasteiger partial charge in [-0.1, -0.05) is 45.0 Å². The van der Waals surface area contributed by atoms with E-state index in [2.05, 4.69) is 45.0 Å². The van der Waals surface area contributed by atoms with Gasteiger partial charge in [-0.15, -0.1) is 0 Å². The van der Waals surface area contributed by atoms with Crippen LogP contribution in [0.15, 0.2) is 97.1 Å². The van der Waals surface area contributed by atoms with Gasteiger partial charge in [0.25, 0.3) is 0 Å². The molecule has 1 aliphatic carbocycles. The molecule has 5 nitrogen and oxygen atoms in total. The van der Waals surface area contributed by atoms with Crippen molar-refractivity contribution in [2.75, 3.05) is 7.11 Å². The van der Waals surface area contributed by atoms with Crippen LogP contribution in [0, 0.1) is 11.3 Å². The highest BCUT2D eigenvalue weighted by Gasteiger charge is 2.45. The number of hydrogen-bond acceptors (Lipinski definition) is 5. The van der Waals surface area contributed by atoms with Gasteiger partial charge in [0.15, 0.2) is 5.78 Å². The Balaban J connectivity index is 1.31. The summed E-state index contributed by atoms with van der Waals surface area (Å²) in [5, 5.41) is 0. The minimum absolute atomic E-state index is 0.00309. The topological polar surface area (TPSA) is 61.8 Å². The van der Waals surface area contributed by atoms with Crippen LogP contribution in [0.25, 0.3) is 0 Å². The lowest BCUT2D eigenvalue weighted by molar-refractivity contribution is 0.0734. The molecule has 42 heavy (non-hydrogen) atoms. The van der Waals surface area contributed by atoms with E-state index in [-0.39, 0.29) is 16.6 Å². The van der Waals surface area contributed by atoms with Crippen LogP contribution in [-0.2, 0) is 5.41 Å². The minimum atomic E-state index is -0.433. The van der Waals surface area contributed by atoms with Crippen molar-refractivity contribution in [2.24, 2.45) is 11.3 Å². The first-order chi connectivity index (χ1) is 20.1. The number of rotatable bonds is 8. The van der Waals surface area contributed by atoms with Gasteiger partial charge in [0, 0.05) is 11.0 Å². The average Bonchev–Trinajstić information content (AvgIpc) is 2.97. The molecule has 1 fully saturated rings. The Morgan fingerprint density at radius 1 is 0.667 bits per heavy atom. The molecule has 216 valence electrons. The van der Waals surface area contributed by atoms with E-state index in [9.17, 15) is 9.59 Å². The minimum Gasteiger partial charge on any atom is -0.497 e. The molecule has 0 amide bonds. The number of esters is 1. The lowest BCUT2D eigenvalue weighted by atomic mass is 9.55. The summed E-state index contributed by atoms with van der Waals surface area (Å²) in [7, 11) is 1.69. The molecule has 0 N–H and O–H groups in total. The summed E-state index contributed by atoms with van der Waals surface area (Å²) in [6.45, 7) is 8.59.